The summed E-state index contributed by atoms with van der Waals surface area (Å²) in [5.41, 5.74) is 3.24. The minimum absolute atomic E-state index is 0.0455. The van der Waals surface area contributed by atoms with Gasteiger partial charge in [-0.2, -0.15) is 5.10 Å². The molecule has 0 saturated heterocycles. The number of carboxylic acid groups (broad SMARTS) is 1. The van der Waals surface area contributed by atoms with Crippen LogP contribution in [0.25, 0.3) is 16.6 Å². The third kappa shape index (κ3) is 3.55. The summed E-state index contributed by atoms with van der Waals surface area (Å²) < 4.78 is 1.63. The number of aromatic nitrogens is 2. The predicted octanol–water partition coefficient (Wildman–Crippen LogP) is 4.48. The lowest BCUT2D eigenvalue weighted by Crippen LogP contribution is -2.07. The number of carboxylic acids is 1. The van der Waals surface area contributed by atoms with E-state index in [0.29, 0.717) is 22.2 Å². The van der Waals surface area contributed by atoms with Crippen molar-refractivity contribution in [1.82, 2.24) is 9.78 Å². The van der Waals surface area contributed by atoms with Crippen LogP contribution < -0.4 is 0 Å². The first kappa shape index (κ1) is 20.0. The Morgan fingerprint density at radius 1 is 0.968 bits per heavy atom. The molecule has 0 aliphatic carbocycles. The highest BCUT2D eigenvalue weighted by Gasteiger charge is 2.23. The quantitative estimate of drug-likeness (QED) is 0.292. The fourth-order valence-electron chi connectivity index (χ4n) is 3.41. The van der Waals surface area contributed by atoms with Crippen molar-refractivity contribution < 1.29 is 19.6 Å². The van der Waals surface area contributed by atoms with Crippen LogP contribution in [-0.4, -0.2) is 31.6 Å². The van der Waals surface area contributed by atoms with Crippen LogP contribution in [0.4, 0.5) is 5.69 Å². The smallest absolute Gasteiger partial charge is 0.335 e. The van der Waals surface area contributed by atoms with Gasteiger partial charge in [-0.05, 0) is 73.5 Å². The molecule has 0 aliphatic rings. The van der Waals surface area contributed by atoms with Crippen LogP contribution in [-0.2, 0) is 0 Å². The van der Waals surface area contributed by atoms with Crippen LogP contribution in [0.15, 0.2) is 60.8 Å². The van der Waals surface area contributed by atoms with Gasteiger partial charge in [0.2, 0.25) is 0 Å². The number of aryl methyl sites for hydroxylation is 2. The molecule has 8 heteroatoms. The van der Waals surface area contributed by atoms with E-state index in [1.165, 1.54) is 18.2 Å². The van der Waals surface area contributed by atoms with Gasteiger partial charge in [0.25, 0.3) is 5.69 Å². The van der Waals surface area contributed by atoms with Crippen LogP contribution in [0, 0.1) is 24.0 Å². The number of carbonyl (C=O) groups is 2. The molecule has 0 fully saturated rings. The number of benzene rings is 3. The number of hydrogen-bond donors (Lipinski definition) is 1. The van der Waals surface area contributed by atoms with E-state index in [1.54, 1.807) is 61.1 Å². The van der Waals surface area contributed by atoms with Gasteiger partial charge in [0.15, 0.2) is 5.78 Å². The lowest BCUT2D eigenvalue weighted by atomic mass is 9.97. The van der Waals surface area contributed by atoms with Gasteiger partial charge < -0.3 is 5.11 Å². The summed E-state index contributed by atoms with van der Waals surface area (Å²) in [7, 11) is 0. The lowest BCUT2D eigenvalue weighted by Gasteiger charge is -2.08. The Hall–Kier alpha value is -4.33. The monoisotopic (exact) mass is 415 g/mol. The van der Waals surface area contributed by atoms with E-state index in [4.69, 9.17) is 5.11 Å². The minimum Gasteiger partial charge on any atom is -0.478 e. The van der Waals surface area contributed by atoms with Crippen LogP contribution in [0.5, 0.6) is 0 Å². The predicted molar refractivity (Wildman–Crippen MR) is 114 cm³/mol. The molecule has 154 valence electrons. The molecule has 31 heavy (non-hydrogen) atoms. The molecule has 0 atom stereocenters. The van der Waals surface area contributed by atoms with Crippen molar-refractivity contribution in [2.45, 2.75) is 13.8 Å². The maximum absolute atomic E-state index is 13.1. The molecule has 0 saturated carbocycles. The summed E-state index contributed by atoms with van der Waals surface area (Å²) in [6.07, 6.45) is 1.59. The van der Waals surface area contributed by atoms with E-state index in [9.17, 15) is 19.7 Å². The second-order valence-electron chi connectivity index (χ2n) is 7.22. The zero-order valence-electron chi connectivity index (χ0n) is 16.7. The van der Waals surface area contributed by atoms with Crippen molar-refractivity contribution in [3.63, 3.8) is 0 Å². The third-order valence-electron chi connectivity index (χ3n) is 5.24. The van der Waals surface area contributed by atoms with Crippen molar-refractivity contribution in [1.29, 1.82) is 0 Å². The van der Waals surface area contributed by atoms with Crippen molar-refractivity contribution in [2.24, 2.45) is 0 Å². The standard InChI is InChI=1S/C23H17N3O5/c1-13-9-19(21(26(30)31)10-14(13)2)22(27)16-5-8-20-17(11-16)12-24-25(20)18-6-3-15(4-7-18)23(28)29/h3-12H,1-2H3,(H,28,29). The van der Waals surface area contributed by atoms with Crippen molar-refractivity contribution >= 4 is 28.3 Å². The summed E-state index contributed by atoms with van der Waals surface area (Å²) in [4.78, 5) is 35.0. The first-order chi connectivity index (χ1) is 14.8. The Morgan fingerprint density at radius 3 is 2.26 bits per heavy atom. The first-order valence-corrected chi connectivity index (χ1v) is 9.38. The Bertz CT molecular complexity index is 1370. The molecule has 0 unspecified atom stereocenters. The first-order valence-electron chi connectivity index (χ1n) is 9.38. The Kier molecular flexibility index (Phi) is 4.82. The highest BCUT2D eigenvalue weighted by molar-refractivity contribution is 6.13. The fraction of sp³-hybridized carbons (Fsp3) is 0.0870. The average Bonchev–Trinajstić information content (AvgIpc) is 3.18. The number of nitro groups is 1. The lowest BCUT2D eigenvalue weighted by molar-refractivity contribution is -0.385. The molecule has 0 aliphatic heterocycles. The van der Waals surface area contributed by atoms with Crippen molar-refractivity contribution in [3.8, 4) is 5.69 Å². The Morgan fingerprint density at radius 2 is 1.61 bits per heavy atom. The average molecular weight is 415 g/mol. The molecule has 1 aromatic heterocycles. The second kappa shape index (κ2) is 7.49. The molecule has 4 rings (SSSR count). The van der Waals surface area contributed by atoms with E-state index >= 15 is 0 Å². The number of fused-ring (bicyclic) bond motifs is 1. The molecular formula is C23H17N3O5. The van der Waals surface area contributed by atoms with E-state index in [0.717, 1.165) is 11.1 Å². The van der Waals surface area contributed by atoms with Crippen LogP contribution in [0.2, 0.25) is 0 Å². The maximum atomic E-state index is 13.1. The highest BCUT2D eigenvalue weighted by atomic mass is 16.6. The van der Waals surface area contributed by atoms with Crippen molar-refractivity contribution in [3.05, 3.63) is 98.7 Å². The van der Waals surface area contributed by atoms with Crippen LogP contribution in [0.1, 0.15) is 37.4 Å². The molecule has 1 N–H and O–H groups in total. The molecule has 8 nitrogen and oxygen atoms in total. The summed E-state index contributed by atoms with van der Waals surface area (Å²) >= 11 is 0. The number of ketones is 1. The zero-order chi connectivity index (χ0) is 22.3. The third-order valence-corrected chi connectivity index (χ3v) is 5.24. The summed E-state index contributed by atoms with van der Waals surface area (Å²) in [6, 6.07) is 14.2. The Balaban J connectivity index is 1.75. The number of hydrogen-bond acceptors (Lipinski definition) is 5. The van der Waals surface area contributed by atoms with E-state index in [-0.39, 0.29) is 16.8 Å². The summed E-state index contributed by atoms with van der Waals surface area (Å²) in [5, 5.41) is 25.5. The molecule has 0 spiro atoms. The van der Waals surface area contributed by atoms with Crippen LogP contribution in [0.3, 0.4) is 0 Å². The Labute approximate surface area is 176 Å². The summed E-state index contributed by atoms with van der Waals surface area (Å²) in [6.45, 7) is 3.57. The van der Waals surface area contributed by atoms with Gasteiger partial charge >= 0.3 is 5.97 Å². The fourth-order valence-corrected chi connectivity index (χ4v) is 3.41. The van der Waals surface area contributed by atoms with Crippen molar-refractivity contribution in [2.75, 3.05) is 0 Å². The van der Waals surface area contributed by atoms with Crippen LogP contribution >= 0.6 is 0 Å². The number of nitro benzene ring substituents is 1. The molecule has 1 heterocycles. The largest absolute Gasteiger partial charge is 0.478 e. The van der Waals surface area contributed by atoms with Gasteiger partial charge in [-0.1, -0.05) is 0 Å². The van der Waals surface area contributed by atoms with Gasteiger partial charge in [0.05, 0.1) is 27.9 Å². The molecule has 0 amide bonds. The molecule has 0 bridgehead atoms. The normalized spacial score (nSPS) is 10.9. The van der Waals surface area contributed by atoms with E-state index < -0.39 is 16.7 Å². The maximum Gasteiger partial charge on any atom is 0.335 e. The van der Waals surface area contributed by atoms with E-state index in [1.807, 2.05) is 0 Å². The van der Waals surface area contributed by atoms with Gasteiger partial charge in [-0.25, -0.2) is 9.48 Å². The summed E-state index contributed by atoms with van der Waals surface area (Å²) in [5.74, 6) is -1.45. The number of carbonyl (C=O) groups excluding carboxylic acids is 1. The van der Waals surface area contributed by atoms with E-state index in [2.05, 4.69) is 5.10 Å². The molecule has 0 radical (unpaired) electrons. The topological polar surface area (TPSA) is 115 Å². The second-order valence-corrected chi connectivity index (χ2v) is 7.22. The zero-order valence-corrected chi connectivity index (χ0v) is 16.7. The molecule has 4 aromatic rings. The molecule has 3 aromatic carbocycles. The number of aromatic carboxylic acids is 1. The highest BCUT2D eigenvalue weighted by Crippen LogP contribution is 2.27. The van der Waals surface area contributed by atoms with Gasteiger partial charge in [0, 0.05) is 17.0 Å². The number of rotatable bonds is 5. The van der Waals surface area contributed by atoms with Gasteiger partial charge in [-0.15, -0.1) is 0 Å². The SMILES string of the molecule is Cc1cc(C(=O)c2ccc3c(cnn3-c3ccc(C(=O)O)cc3)c2)c([N+](=O)[O-])cc1C. The van der Waals surface area contributed by atoms with Gasteiger partial charge in [0.1, 0.15) is 5.56 Å². The molecular weight excluding hydrogens is 398 g/mol. The number of nitrogens with zero attached hydrogens (tertiary/aromatic N) is 3. The minimum atomic E-state index is -1.01. The van der Waals surface area contributed by atoms with Gasteiger partial charge in [-0.3, -0.25) is 14.9 Å².